The number of nitrogens with zero attached hydrogens (tertiary/aromatic N) is 2. The Morgan fingerprint density at radius 1 is 1.39 bits per heavy atom. The van der Waals surface area contributed by atoms with Gasteiger partial charge in [0.1, 0.15) is 5.82 Å². The summed E-state index contributed by atoms with van der Waals surface area (Å²) in [6.45, 7) is 8.26. The van der Waals surface area contributed by atoms with Gasteiger partial charge in [-0.25, -0.2) is 4.98 Å². The van der Waals surface area contributed by atoms with Crippen LogP contribution in [0.1, 0.15) is 50.4 Å². The lowest BCUT2D eigenvalue weighted by Crippen LogP contribution is -2.34. The Morgan fingerprint density at radius 3 is 2.78 bits per heavy atom. The molecule has 3 heteroatoms. The summed E-state index contributed by atoms with van der Waals surface area (Å²) in [5.74, 6) is 1.12. The normalized spacial score (nSPS) is 15.6. The highest BCUT2D eigenvalue weighted by Gasteiger charge is 2.20. The number of hydrogen-bond donors (Lipinski definition) is 1. The van der Waals surface area contributed by atoms with Gasteiger partial charge < -0.3 is 10.6 Å². The SMILES string of the molecule is CCC(C)N(CC)c1nc2c(cc1CN)CCC2. The first-order chi connectivity index (χ1) is 8.71. The molecule has 0 amide bonds. The van der Waals surface area contributed by atoms with Gasteiger partial charge in [0.2, 0.25) is 0 Å². The fourth-order valence-corrected chi connectivity index (χ4v) is 2.80. The molecule has 0 aromatic carbocycles. The van der Waals surface area contributed by atoms with E-state index in [0.717, 1.165) is 25.2 Å². The first-order valence-corrected chi connectivity index (χ1v) is 7.19. The third-order valence-corrected chi connectivity index (χ3v) is 4.06. The van der Waals surface area contributed by atoms with E-state index in [2.05, 4.69) is 31.7 Å². The molecular weight excluding hydrogens is 222 g/mol. The van der Waals surface area contributed by atoms with E-state index in [-0.39, 0.29) is 0 Å². The van der Waals surface area contributed by atoms with Crippen LogP contribution < -0.4 is 10.6 Å². The Morgan fingerprint density at radius 2 is 2.17 bits per heavy atom. The minimum Gasteiger partial charge on any atom is -0.354 e. The predicted octanol–water partition coefficient (Wildman–Crippen LogP) is 2.65. The van der Waals surface area contributed by atoms with E-state index in [1.54, 1.807) is 0 Å². The van der Waals surface area contributed by atoms with Gasteiger partial charge in [0.05, 0.1) is 0 Å². The Bertz CT molecular complexity index is 414. The fraction of sp³-hybridized carbons (Fsp3) is 0.667. The summed E-state index contributed by atoms with van der Waals surface area (Å²) in [6.07, 6.45) is 4.68. The molecule has 0 spiro atoms. The van der Waals surface area contributed by atoms with Crippen LogP contribution in [-0.2, 0) is 19.4 Å². The molecule has 1 aromatic rings. The monoisotopic (exact) mass is 247 g/mol. The van der Waals surface area contributed by atoms with Gasteiger partial charge in [-0.1, -0.05) is 6.92 Å². The Labute approximate surface area is 110 Å². The van der Waals surface area contributed by atoms with E-state index >= 15 is 0 Å². The number of anilines is 1. The number of aryl methyl sites for hydroxylation is 2. The van der Waals surface area contributed by atoms with Crippen LogP contribution in [0.4, 0.5) is 5.82 Å². The van der Waals surface area contributed by atoms with Crippen LogP contribution in [0.3, 0.4) is 0 Å². The van der Waals surface area contributed by atoms with Gasteiger partial charge in [0.25, 0.3) is 0 Å². The zero-order chi connectivity index (χ0) is 13.1. The first-order valence-electron chi connectivity index (χ1n) is 7.19. The van der Waals surface area contributed by atoms with Crippen molar-refractivity contribution in [1.29, 1.82) is 0 Å². The predicted molar refractivity (Wildman–Crippen MR) is 76.9 cm³/mol. The maximum atomic E-state index is 5.91. The third-order valence-electron chi connectivity index (χ3n) is 4.06. The molecule has 3 nitrogen and oxygen atoms in total. The zero-order valence-corrected chi connectivity index (χ0v) is 11.9. The van der Waals surface area contributed by atoms with Crippen molar-refractivity contribution in [1.82, 2.24) is 4.98 Å². The van der Waals surface area contributed by atoms with Gasteiger partial charge in [0, 0.05) is 30.4 Å². The van der Waals surface area contributed by atoms with Crippen LogP contribution in [0.5, 0.6) is 0 Å². The zero-order valence-electron chi connectivity index (χ0n) is 11.9. The first kappa shape index (κ1) is 13.3. The minimum absolute atomic E-state index is 0.521. The van der Waals surface area contributed by atoms with Gasteiger partial charge in [-0.3, -0.25) is 0 Å². The quantitative estimate of drug-likeness (QED) is 0.869. The summed E-state index contributed by atoms with van der Waals surface area (Å²) in [5, 5.41) is 0. The van der Waals surface area contributed by atoms with Gasteiger partial charge >= 0.3 is 0 Å². The molecule has 18 heavy (non-hydrogen) atoms. The second-order valence-electron chi connectivity index (χ2n) is 5.18. The molecular formula is C15H25N3. The molecule has 1 heterocycles. The number of fused-ring (bicyclic) bond motifs is 1. The number of aromatic nitrogens is 1. The molecule has 0 saturated heterocycles. The van der Waals surface area contributed by atoms with Gasteiger partial charge in [-0.2, -0.15) is 0 Å². The van der Waals surface area contributed by atoms with Crippen molar-refractivity contribution < 1.29 is 0 Å². The minimum atomic E-state index is 0.521. The van der Waals surface area contributed by atoms with E-state index < -0.39 is 0 Å². The van der Waals surface area contributed by atoms with Gasteiger partial charge in [-0.05, 0) is 51.2 Å². The topological polar surface area (TPSA) is 42.2 Å². The molecule has 100 valence electrons. The number of rotatable bonds is 5. The molecule has 0 fully saturated rings. The van der Waals surface area contributed by atoms with E-state index in [0.29, 0.717) is 12.6 Å². The van der Waals surface area contributed by atoms with Crippen molar-refractivity contribution in [3.05, 3.63) is 22.9 Å². The number of pyridine rings is 1. The van der Waals surface area contributed by atoms with E-state index in [1.165, 1.54) is 29.7 Å². The van der Waals surface area contributed by atoms with Crippen LogP contribution in [0, 0.1) is 0 Å². The summed E-state index contributed by atoms with van der Waals surface area (Å²) in [7, 11) is 0. The number of hydrogen-bond acceptors (Lipinski definition) is 3. The summed E-state index contributed by atoms with van der Waals surface area (Å²) >= 11 is 0. The molecule has 1 unspecified atom stereocenters. The van der Waals surface area contributed by atoms with Crippen molar-refractivity contribution in [3.63, 3.8) is 0 Å². The fourth-order valence-electron chi connectivity index (χ4n) is 2.80. The van der Waals surface area contributed by atoms with Crippen LogP contribution in [0.25, 0.3) is 0 Å². The van der Waals surface area contributed by atoms with Gasteiger partial charge in [-0.15, -0.1) is 0 Å². The number of nitrogens with two attached hydrogens (primary N) is 1. The molecule has 0 bridgehead atoms. The smallest absolute Gasteiger partial charge is 0.133 e. The second kappa shape index (κ2) is 5.70. The van der Waals surface area contributed by atoms with Crippen LogP contribution in [0.15, 0.2) is 6.07 Å². The Kier molecular flexibility index (Phi) is 4.23. The molecule has 1 aliphatic carbocycles. The third kappa shape index (κ3) is 2.37. The maximum Gasteiger partial charge on any atom is 0.133 e. The van der Waals surface area contributed by atoms with Gasteiger partial charge in [0.15, 0.2) is 0 Å². The molecule has 0 saturated carbocycles. The lowest BCUT2D eigenvalue weighted by atomic mass is 10.1. The summed E-state index contributed by atoms with van der Waals surface area (Å²) < 4.78 is 0. The average Bonchev–Trinajstić information content (AvgIpc) is 2.85. The Hall–Kier alpha value is -1.09. The molecule has 1 aromatic heterocycles. The largest absolute Gasteiger partial charge is 0.354 e. The van der Waals surface area contributed by atoms with E-state index in [9.17, 15) is 0 Å². The van der Waals surface area contributed by atoms with Crippen molar-refractivity contribution in [2.24, 2.45) is 5.73 Å². The molecule has 2 rings (SSSR count). The molecule has 1 aliphatic rings. The van der Waals surface area contributed by atoms with E-state index in [4.69, 9.17) is 10.7 Å². The van der Waals surface area contributed by atoms with Crippen molar-refractivity contribution in [2.75, 3.05) is 11.4 Å². The highest BCUT2D eigenvalue weighted by molar-refractivity contribution is 5.51. The van der Waals surface area contributed by atoms with Crippen molar-refractivity contribution in [3.8, 4) is 0 Å². The maximum absolute atomic E-state index is 5.91. The lowest BCUT2D eigenvalue weighted by Gasteiger charge is -2.30. The highest BCUT2D eigenvalue weighted by Crippen LogP contribution is 2.28. The summed E-state index contributed by atoms with van der Waals surface area (Å²) in [5.41, 5.74) is 9.83. The summed E-state index contributed by atoms with van der Waals surface area (Å²) in [6, 6.07) is 2.81. The lowest BCUT2D eigenvalue weighted by molar-refractivity contribution is 0.618. The standard InChI is InChI=1S/C15H25N3/c1-4-11(3)18(5-2)15-13(10-16)9-12-7-6-8-14(12)17-15/h9,11H,4-8,10,16H2,1-3H3. The van der Waals surface area contributed by atoms with Crippen molar-refractivity contribution >= 4 is 5.82 Å². The molecule has 0 aliphatic heterocycles. The van der Waals surface area contributed by atoms with Crippen LogP contribution in [-0.4, -0.2) is 17.6 Å². The summed E-state index contributed by atoms with van der Waals surface area (Å²) in [4.78, 5) is 7.30. The second-order valence-corrected chi connectivity index (χ2v) is 5.18. The van der Waals surface area contributed by atoms with Crippen LogP contribution >= 0.6 is 0 Å². The van der Waals surface area contributed by atoms with Crippen LogP contribution in [0.2, 0.25) is 0 Å². The van der Waals surface area contributed by atoms with Crippen molar-refractivity contribution in [2.45, 2.75) is 59.0 Å². The highest BCUT2D eigenvalue weighted by atomic mass is 15.2. The molecule has 1 atom stereocenters. The molecule has 2 N–H and O–H groups in total. The average molecular weight is 247 g/mol. The Balaban J connectivity index is 2.41. The van der Waals surface area contributed by atoms with E-state index in [1.807, 2.05) is 0 Å². The molecule has 0 radical (unpaired) electrons.